The van der Waals surface area contributed by atoms with Gasteiger partial charge in [-0.3, -0.25) is 0 Å². The number of ether oxygens (including phenoxy) is 2. The highest BCUT2D eigenvalue weighted by molar-refractivity contribution is 5.89. The minimum absolute atomic E-state index is 0.120. The molecule has 1 atom stereocenters. The van der Waals surface area contributed by atoms with Gasteiger partial charge < -0.3 is 14.8 Å². The Kier molecular flexibility index (Phi) is 4.03. The fraction of sp³-hybridized carbons (Fsp3) is 0.364. The van der Waals surface area contributed by atoms with E-state index in [0.717, 1.165) is 34.4 Å². The second-order valence-corrected chi connectivity index (χ2v) is 7.58. The first-order chi connectivity index (χ1) is 12.4. The molecule has 2 aliphatic heterocycles. The molecule has 0 bridgehead atoms. The quantitative estimate of drug-likeness (QED) is 0.743. The Bertz CT molecular complexity index is 901. The van der Waals surface area contributed by atoms with E-state index in [1.54, 1.807) is 6.07 Å². The Morgan fingerprint density at radius 3 is 2.77 bits per heavy atom. The van der Waals surface area contributed by atoms with Crippen molar-refractivity contribution in [3.05, 3.63) is 53.4 Å². The van der Waals surface area contributed by atoms with E-state index in [-0.39, 0.29) is 11.4 Å². The number of hydrogen-bond donors (Lipinski definition) is 1. The second-order valence-electron chi connectivity index (χ2n) is 7.58. The Morgan fingerprint density at radius 2 is 2.00 bits per heavy atom. The molecular formula is C22H24FNO2. The summed E-state index contributed by atoms with van der Waals surface area (Å²) in [6, 6.07) is 8.76. The Hall–Kier alpha value is -2.33. The number of anilines is 1. The van der Waals surface area contributed by atoms with Crippen LogP contribution < -0.4 is 10.1 Å². The molecule has 136 valence electrons. The third-order valence-corrected chi connectivity index (χ3v) is 4.85. The van der Waals surface area contributed by atoms with Crippen LogP contribution in [0.4, 0.5) is 10.1 Å². The molecule has 1 N–H and O–H groups in total. The minimum Gasteiger partial charge on any atom is -0.460 e. The molecule has 2 heterocycles. The summed E-state index contributed by atoms with van der Waals surface area (Å²) in [5, 5.41) is 3.57. The van der Waals surface area contributed by atoms with Gasteiger partial charge in [-0.15, -0.1) is 0 Å². The molecule has 2 aliphatic rings. The zero-order valence-corrected chi connectivity index (χ0v) is 15.7. The summed E-state index contributed by atoms with van der Waals surface area (Å²) in [6.07, 6.45) is 2.62. The van der Waals surface area contributed by atoms with Gasteiger partial charge in [0, 0.05) is 22.4 Å². The van der Waals surface area contributed by atoms with Gasteiger partial charge in [-0.1, -0.05) is 19.1 Å². The molecule has 0 saturated heterocycles. The fourth-order valence-corrected chi connectivity index (χ4v) is 3.96. The number of nitrogens with one attached hydrogen (secondary N) is 1. The van der Waals surface area contributed by atoms with Crippen molar-refractivity contribution in [1.29, 1.82) is 0 Å². The van der Waals surface area contributed by atoms with Crippen molar-refractivity contribution >= 4 is 11.3 Å². The Morgan fingerprint density at radius 1 is 1.19 bits per heavy atom. The molecule has 0 aliphatic carbocycles. The van der Waals surface area contributed by atoms with E-state index in [0.29, 0.717) is 12.4 Å². The van der Waals surface area contributed by atoms with Gasteiger partial charge in [-0.2, -0.15) is 0 Å². The van der Waals surface area contributed by atoms with Crippen LogP contribution in [0, 0.1) is 5.82 Å². The van der Waals surface area contributed by atoms with E-state index in [1.807, 2.05) is 6.07 Å². The van der Waals surface area contributed by atoms with Gasteiger partial charge in [-0.05, 0) is 62.6 Å². The molecule has 2 aromatic rings. The van der Waals surface area contributed by atoms with E-state index in [1.165, 1.54) is 17.7 Å². The first-order valence-corrected chi connectivity index (χ1v) is 9.13. The summed E-state index contributed by atoms with van der Waals surface area (Å²) in [5.74, 6) is 0.390. The summed E-state index contributed by atoms with van der Waals surface area (Å²) in [4.78, 5) is 0. The van der Waals surface area contributed by atoms with Gasteiger partial charge in [0.05, 0.1) is 12.1 Å². The van der Waals surface area contributed by atoms with E-state index in [2.05, 4.69) is 45.2 Å². The highest BCUT2D eigenvalue weighted by atomic mass is 19.1. The topological polar surface area (TPSA) is 30.5 Å². The van der Waals surface area contributed by atoms with E-state index in [9.17, 15) is 4.39 Å². The molecule has 0 saturated carbocycles. The number of allylic oxidation sites excluding steroid dienone is 1. The van der Waals surface area contributed by atoms with Gasteiger partial charge in [-0.25, -0.2) is 4.39 Å². The molecule has 0 aromatic heterocycles. The van der Waals surface area contributed by atoms with Crippen molar-refractivity contribution in [2.24, 2.45) is 0 Å². The molecule has 0 fully saturated rings. The highest BCUT2D eigenvalue weighted by Gasteiger charge is 2.34. The van der Waals surface area contributed by atoms with Crippen LogP contribution in [0.1, 0.15) is 51.5 Å². The molecule has 3 nitrogen and oxygen atoms in total. The van der Waals surface area contributed by atoms with Crippen LogP contribution in [-0.4, -0.2) is 12.1 Å². The highest BCUT2D eigenvalue weighted by Crippen LogP contribution is 2.49. The summed E-state index contributed by atoms with van der Waals surface area (Å²) >= 11 is 0. The maximum atomic E-state index is 13.9. The number of halogens is 1. The number of hydrogen-bond acceptors (Lipinski definition) is 3. The summed E-state index contributed by atoms with van der Waals surface area (Å²) in [7, 11) is 0. The van der Waals surface area contributed by atoms with Gasteiger partial charge in [0.25, 0.3) is 0 Å². The monoisotopic (exact) mass is 353 g/mol. The third-order valence-electron chi connectivity index (χ3n) is 4.85. The van der Waals surface area contributed by atoms with Crippen LogP contribution >= 0.6 is 0 Å². The summed E-state index contributed by atoms with van der Waals surface area (Å²) in [6.45, 7) is 9.07. The van der Waals surface area contributed by atoms with Crippen molar-refractivity contribution < 1.29 is 13.9 Å². The molecule has 4 rings (SSSR count). The summed E-state index contributed by atoms with van der Waals surface area (Å²) in [5.41, 5.74) is 5.93. The molecule has 26 heavy (non-hydrogen) atoms. The van der Waals surface area contributed by atoms with Crippen LogP contribution in [0.5, 0.6) is 5.75 Å². The smallest absolute Gasteiger partial charge is 0.228 e. The number of benzene rings is 2. The average Bonchev–Trinajstić information content (AvgIpc) is 2.58. The van der Waals surface area contributed by atoms with Crippen LogP contribution in [0.25, 0.3) is 16.7 Å². The molecule has 4 heteroatoms. The lowest BCUT2D eigenvalue weighted by Crippen LogP contribution is -2.32. The first kappa shape index (κ1) is 17.1. The lowest BCUT2D eigenvalue weighted by molar-refractivity contribution is -0.0849. The second kappa shape index (κ2) is 6.13. The first-order valence-electron chi connectivity index (χ1n) is 9.13. The molecule has 0 amide bonds. The normalized spacial score (nSPS) is 19.4. The maximum absolute atomic E-state index is 13.9. The van der Waals surface area contributed by atoms with Gasteiger partial charge in [0.2, 0.25) is 6.29 Å². The zero-order valence-electron chi connectivity index (χ0n) is 15.7. The predicted molar refractivity (Wildman–Crippen MR) is 103 cm³/mol. The summed E-state index contributed by atoms with van der Waals surface area (Å²) < 4.78 is 26.1. The van der Waals surface area contributed by atoms with Crippen molar-refractivity contribution in [3.8, 4) is 16.9 Å². The fourth-order valence-electron chi connectivity index (χ4n) is 3.96. The molecule has 2 aromatic carbocycles. The lowest BCUT2D eigenvalue weighted by Gasteiger charge is -2.36. The number of rotatable bonds is 3. The molecule has 0 unspecified atom stereocenters. The lowest BCUT2D eigenvalue weighted by atomic mass is 9.84. The van der Waals surface area contributed by atoms with Crippen molar-refractivity contribution in [3.63, 3.8) is 0 Å². The van der Waals surface area contributed by atoms with Crippen LogP contribution in [0.3, 0.4) is 0 Å². The van der Waals surface area contributed by atoms with Crippen LogP contribution in [0.15, 0.2) is 36.4 Å². The van der Waals surface area contributed by atoms with Crippen LogP contribution in [-0.2, 0) is 4.74 Å². The van der Waals surface area contributed by atoms with Crippen LogP contribution in [0.2, 0.25) is 0 Å². The standard InChI is InChI=1S/C22H24FNO2/c1-5-10-25-21-20-15(16-11-14(23)6-9-18(16)26-21)7-8-17-19(20)13(2)12-22(3,4)24-17/h6-9,11-12,21,24H,5,10H2,1-4H3/t21-/m1/s1. The average molecular weight is 353 g/mol. The van der Waals surface area contributed by atoms with E-state index in [4.69, 9.17) is 9.47 Å². The van der Waals surface area contributed by atoms with Gasteiger partial charge in [0.15, 0.2) is 0 Å². The predicted octanol–water partition coefficient (Wildman–Crippen LogP) is 5.92. The largest absolute Gasteiger partial charge is 0.460 e. The SMILES string of the molecule is CCCO[C@@H]1Oc2ccc(F)cc2-c2ccc3c(c21)C(C)=CC(C)(C)N3. The van der Waals surface area contributed by atoms with E-state index >= 15 is 0 Å². The molecule has 0 spiro atoms. The van der Waals surface area contributed by atoms with Gasteiger partial charge in [0.1, 0.15) is 11.6 Å². The minimum atomic E-state index is -0.496. The van der Waals surface area contributed by atoms with Crippen molar-refractivity contribution in [1.82, 2.24) is 0 Å². The van der Waals surface area contributed by atoms with E-state index < -0.39 is 6.29 Å². The maximum Gasteiger partial charge on any atom is 0.228 e. The zero-order chi connectivity index (χ0) is 18.5. The van der Waals surface area contributed by atoms with Gasteiger partial charge >= 0.3 is 0 Å². The molecular weight excluding hydrogens is 329 g/mol. The Balaban J connectivity index is 1.95. The van der Waals surface area contributed by atoms with Crippen molar-refractivity contribution in [2.75, 3.05) is 11.9 Å². The Labute approximate surface area is 153 Å². The number of fused-ring (bicyclic) bond motifs is 5. The third kappa shape index (κ3) is 2.78. The van der Waals surface area contributed by atoms with Crippen molar-refractivity contribution in [2.45, 2.75) is 45.9 Å². The molecule has 0 radical (unpaired) electrons.